The van der Waals surface area contributed by atoms with Crippen LogP contribution in [-0.2, 0) is 4.79 Å². The second-order valence-electron chi connectivity index (χ2n) is 7.26. The summed E-state index contributed by atoms with van der Waals surface area (Å²) >= 11 is 0. The zero-order chi connectivity index (χ0) is 19.0. The van der Waals surface area contributed by atoms with Gasteiger partial charge in [0.2, 0.25) is 5.95 Å². The maximum Gasteiger partial charge on any atom is 0.326 e. The van der Waals surface area contributed by atoms with Gasteiger partial charge >= 0.3 is 5.97 Å². The van der Waals surface area contributed by atoms with Gasteiger partial charge in [0.25, 0.3) is 5.56 Å². The van der Waals surface area contributed by atoms with E-state index in [1.807, 2.05) is 6.92 Å². The molecule has 0 amide bonds. The third kappa shape index (κ3) is 3.36. The molecule has 4 atom stereocenters. The molecule has 3 heterocycles. The Bertz CT molecular complexity index is 900. The first-order valence-electron chi connectivity index (χ1n) is 9.17. The first-order chi connectivity index (χ1) is 13.0. The Kier molecular flexibility index (Phi) is 4.51. The number of anilines is 2. The van der Waals surface area contributed by atoms with Gasteiger partial charge in [0, 0.05) is 30.4 Å². The van der Waals surface area contributed by atoms with Crippen LogP contribution in [0, 0.1) is 0 Å². The van der Waals surface area contributed by atoms with E-state index in [0.29, 0.717) is 23.9 Å². The van der Waals surface area contributed by atoms with E-state index in [4.69, 9.17) is 0 Å². The number of carboxylic acid groups (broad SMARTS) is 1. The number of aliphatic carboxylic acids is 1. The molecule has 2 aliphatic rings. The van der Waals surface area contributed by atoms with Gasteiger partial charge in [-0.1, -0.05) is 6.92 Å². The maximum atomic E-state index is 12.8. The average molecular weight is 370 g/mol. The molecule has 9 heteroatoms. The topological polar surface area (TPSA) is 122 Å². The highest BCUT2D eigenvalue weighted by Gasteiger charge is 2.36. The molecule has 1 saturated carbocycles. The highest BCUT2D eigenvalue weighted by molar-refractivity contribution is 5.73. The highest BCUT2D eigenvalue weighted by atomic mass is 16.4. The van der Waals surface area contributed by atoms with Crippen molar-refractivity contribution in [2.45, 2.75) is 56.7 Å². The molecule has 1 fully saturated rings. The SMILES string of the molecule is C[C@@H]1C[C@@H](C(=O)O)n2c1ncc(N[C@@H]1CC[C@@H](Nc3ncccn3)C1)c2=O. The van der Waals surface area contributed by atoms with Crippen LogP contribution in [0.3, 0.4) is 0 Å². The van der Waals surface area contributed by atoms with Crippen molar-refractivity contribution >= 4 is 17.6 Å². The molecule has 0 unspecified atom stereocenters. The fraction of sp³-hybridized carbons (Fsp3) is 0.500. The molecule has 3 N–H and O–H groups in total. The first kappa shape index (κ1) is 17.4. The Balaban J connectivity index is 1.47. The Hall–Kier alpha value is -2.97. The molecule has 4 rings (SSSR count). The van der Waals surface area contributed by atoms with Crippen molar-refractivity contribution in [2.75, 3.05) is 10.6 Å². The van der Waals surface area contributed by atoms with E-state index < -0.39 is 12.0 Å². The van der Waals surface area contributed by atoms with Crippen molar-refractivity contribution in [3.05, 3.63) is 40.8 Å². The van der Waals surface area contributed by atoms with Crippen molar-refractivity contribution in [1.29, 1.82) is 0 Å². The molecule has 9 nitrogen and oxygen atoms in total. The third-order valence-electron chi connectivity index (χ3n) is 5.33. The van der Waals surface area contributed by atoms with Crippen LogP contribution in [0.15, 0.2) is 29.5 Å². The molecule has 27 heavy (non-hydrogen) atoms. The van der Waals surface area contributed by atoms with Crippen molar-refractivity contribution in [2.24, 2.45) is 0 Å². The molecular formula is C18H22N6O3. The lowest BCUT2D eigenvalue weighted by molar-refractivity contribution is -0.140. The van der Waals surface area contributed by atoms with Crippen LogP contribution in [0.5, 0.6) is 0 Å². The Morgan fingerprint density at radius 1 is 1.15 bits per heavy atom. The minimum Gasteiger partial charge on any atom is -0.480 e. The average Bonchev–Trinajstić information content (AvgIpc) is 3.23. The van der Waals surface area contributed by atoms with Crippen LogP contribution in [0.25, 0.3) is 0 Å². The Morgan fingerprint density at radius 2 is 1.85 bits per heavy atom. The van der Waals surface area contributed by atoms with Crippen molar-refractivity contribution in [1.82, 2.24) is 19.5 Å². The summed E-state index contributed by atoms with van der Waals surface area (Å²) in [6.45, 7) is 1.90. The monoisotopic (exact) mass is 370 g/mol. The van der Waals surface area contributed by atoms with E-state index in [1.165, 1.54) is 10.8 Å². The number of nitrogens with zero attached hydrogens (tertiary/aromatic N) is 4. The number of carboxylic acids is 1. The summed E-state index contributed by atoms with van der Waals surface area (Å²) in [6, 6.07) is 1.26. The molecule has 1 aliphatic heterocycles. The van der Waals surface area contributed by atoms with E-state index in [0.717, 1.165) is 19.3 Å². The second kappa shape index (κ2) is 6.98. The van der Waals surface area contributed by atoms with Gasteiger partial charge in [0.1, 0.15) is 17.6 Å². The van der Waals surface area contributed by atoms with Crippen molar-refractivity contribution < 1.29 is 9.90 Å². The lowest BCUT2D eigenvalue weighted by Gasteiger charge is -2.17. The Labute approximate surface area is 155 Å². The molecule has 2 aromatic heterocycles. The summed E-state index contributed by atoms with van der Waals surface area (Å²) in [4.78, 5) is 37.1. The molecule has 0 radical (unpaired) electrons. The van der Waals surface area contributed by atoms with Gasteiger partial charge in [0.15, 0.2) is 0 Å². The standard InChI is InChI=1S/C18H22N6O3/c1-10-7-14(17(26)27)24-15(10)21-9-13(16(24)25)22-11-3-4-12(8-11)23-18-19-5-2-6-20-18/h2,5-6,9-12,14,22H,3-4,7-8H2,1H3,(H,26,27)(H,19,20,23)/t10-,11-,12-,14+/m1/s1. The summed E-state index contributed by atoms with van der Waals surface area (Å²) in [5.41, 5.74) is 0.0558. The summed E-state index contributed by atoms with van der Waals surface area (Å²) in [5, 5.41) is 16.0. The lowest BCUT2D eigenvalue weighted by atomic mass is 10.1. The van der Waals surface area contributed by atoms with Crippen molar-refractivity contribution in [3.63, 3.8) is 0 Å². The van der Waals surface area contributed by atoms with Crippen molar-refractivity contribution in [3.8, 4) is 0 Å². The van der Waals surface area contributed by atoms with Crippen LogP contribution in [0.4, 0.5) is 11.6 Å². The largest absolute Gasteiger partial charge is 0.480 e. The molecule has 0 spiro atoms. The summed E-state index contributed by atoms with van der Waals surface area (Å²) in [6.07, 6.45) is 7.96. The number of rotatable bonds is 5. The molecule has 0 bridgehead atoms. The predicted octanol–water partition coefficient (Wildman–Crippen LogP) is 1.61. The number of aromatic nitrogens is 4. The number of hydrogen-bond donors (Lipinski definition) is 3. The van der Waals surface area contributed by atoms with E-state index >= 15 is 0 Å². The highest BCUT2D eigenvalue weighted by Crippen LogP contribution is 2.33. The van der Waals surface area contributed by atoms with Crippen LogP contribution < -0.4 is 16.2 Å². The van der Waals surface area contributed by atoms with Gasteiger partial charge in [-0.05, 0) is 31.7 Å². The van der Waals surface area contributed by atoms with E-state index in [1.54, 1.807) is 18.5 Å². The summed E-state index contributed by atoms with van der Waals surface area (Å²) in [5.74, 6) is 0.110. The summed E-state index contributed by atoms with van der Waals surface area (Å²) < 4.78 is 1.33. The zero-order valence-corrected chi connectivity index (χ0v) is 15.0. The number of carbonyl (C=O) groups is 1. The van der Waals surface area contributed by atoms with Crippen LogP contribution in [0.2, 0.25) is 0 Å². The van der Waals surface area contributed by atoms with Gasteiger partial charge in [0.05, 0.1) is 6.20 Å². The van der Waals surface area contributed by atoms with Gasteiger partial charge in [-0.3, -0.25) is 9.36 Å². The first-order valence-corrected chi connectivity index (χ1v) is 9.17. The second-order valence-corrected chi connectivity index (χ2v) is 7.26. The fourth-order valence-electron chi connectivity index (χ4n) is 4.02. The van der Waals surface area contributed by atoms with Gasteiger partial charge in [-0.2, -0.15) is 0 Å². The smallest absolute Gasteiger partial charge is 0.326 e. The fourth-order valence-corrected chi connectivity index (χ4v) is 4.02. The molecule has 0 aromatic carbocycles. The Morgan fingerprint density at radius 3 is 2.56 bits per heavy atom. The van der Waals surface area contributed by atoms with E-state index in [2.05, 4.69) is 25.6 Å². The third-order valence-corrected chi connectivity index (χ3v) is 5.33. The van der Waals surface area contributed by atoms with Crippen LogP contribution in [-0.4, -0.2) is 42.7 Å². The lowest BCUT2D eigenvalue weighted by Crippen LogP contribution is -2.32. The van der Waals surface area contributed by atoms with E-state index in [9.17, 15) is 14.7 Å². The number of fused-ring (bicyclic) bond motifs is 1. The summed E-state index contributed by atoms with van der Waals surface area (Å²) in [7, 11) is 0. The zero-order valence-electron chi connectivity index (χ0n) is 15.0. The number of hydrogen-bond acceptors (Lipinski definition) is 7. The van der Waals surface area contributed by atoms with Gasteiger partial charge in [-0.25, -0.2) is 19.7 Å². The van der Waals surface area contributed by atoms with Crippen LogP contribution in [0.1, 0.15) is 50.4 Å². The minimum absolute atomic E-state index is 0.0428. The number of nitrogens with one attached hydrogen (secondary N) is 2. The minimum atomic E-state index is -0.991. The van der Waals surface area contributed by atoms with Gasteiger partial charge in [-0.15, -0.1) is 0 Å². The van der Waals surface area contributed by atoms with E-state index in [-0.39, 0.29) is 23.6 Å². The molecule has 0 saturated heterocycles. The molecular weight excluding hydrogens is 348 g/mol. The molecule has 2 aromatic rings. The van der Waals surface area contributed by atoms with Gasteiger partial charge < -0.3 is 15.7 Å². The van der Waals surface area contributed by atoms with Crippen LogP contribution >= 0.6 is 0 Å². The normalized spacial score (nSPS) is 26.6. The predicted molar refractivity (Wildman–Crippen MR) is 98.9 cm³/mol. The maximum absolute atomic E-state index is 12.8. The quantitative estimate of drug-likeness (QED) is 0.726. The molecule has 142 valence electrons. The molecule has 1 aliphatic carbocycles.